The SMILES string of the molecule is O=C1OCCCN1CCNC(=O)N(Cc1ccccc1)[C@H]1CCS(=O)(=O)C1. The van der Waals surface area contributed by atoms with Crippen molar-refractivity contribution in [3.63, 3.8) is 0 Å². The van der Waals surface area contributed by atoms with Crippen LogP contribution in [0.4, 0.5) is 9.59 Å². The molecule has 0 bridgehead atoms. The van der Waals surface area contributed by atoms with Crippen LogP contribution in [0, 0.1) is 0 Å². The first-order valence-electron chi connectivity index (χ1n) is 9.15. The number of sulfone groups is 1. The highest BCUT2D eigenvalue weighted by molar-refractivity contribution is 7.91. The van der Waals surface area contributed by atoms with E-state index in [0.29, 0.717) is 39.2 Å². The molecule has 9 heteroatoms. The maximum absolute atomic E-state index is 12.8. The number of cyclic esters (lactones) is 1. The molecule has 2 saturated heterocycles. The zero-order valence-electron chi connectivity index (χ0n) is 15.2. The number of rotatable bonds is 6. The lowest BCUT2D eigenvalue weighted by molar-refractivity contribution is 0.0731. The van der Waals surface area contributed by atoms with Crippen molar-refractivity contribution in [3.8, 4) is 0 Å². The Hall–Kier alpha value is -2.29. The van der Waals surface area contributed by atoms with E-state index in [1.807, 2.05) is 30.3 Å². The minimum atomic E-state index is -3.10. The molecule has 0 unspecified atom stereocenters. The van der Waals surface area contributed by atoms with Crippen LogP contribution in [0.25, 0.3) is 0 Å². The van der Waals surface area contributed by atoms with Gasteiger partial charge in [0.1, 0.15) is 0 Å². The molecule has 1 aromatic rings. The third kappa shape index (κ3) is 5.35. The molecule has 0 spiro atoms. The van der Waals surface area contributed by atoms with Gasteiger partial charge in [-0.25, -0.2) is 18.0 Å². The van der Waals surface area contributed by atoms with Crippen molar-refractivity contribution >= 4 is 22.0 Å². The quantitative estimate of drug-likeness (QED) is 0.782. The Bertz CT molecular complexity index is 768. The van der Waals surface area contributed by atoms with Gasteiger partial charge >= 0.3 is 12.1 Å². The summed E-state index contributed by atoms with van der Waals surface area (Å²) < 4.78 is 28.7. The summed E-state index contributed by atoms with van der Waals surface area (Å²) in [5.74, 6) is 0.0988. The summed E-state index contributed by atoms with van der Waals surface area (Å²) in [5, 5.41) is 2.82. The van der Waals surface area contributed by atoms with Crippen molar-refractivity contribution in [1.29, 1.82) is 0 Å². The van der Waals surface area contributed by atoms with Gasteiger partial charge in [-0.3, -0.25) is 0 Å². The van der Waals surface area contributed by atoms with Crippen LogP contribution in [0.3, 0.4) is 0 Å². The van der Waals surface area contributed by atoms with Gasteiger partial charge in [-0.05, 0) is 18.4 Å². The van der Waals surface area contributed by atoms with Gasteiger partial charge in [0.15, 0.2) is 9.84 Å². The number of benzene rings is 1. The number of nitrogens with zero attached hydrogens (tertiary/aromatic N) is 2. The van der Waals surface area contributed by atoms with Crippen LogP contribution in [0.15, 0.2) is 30.3 Å². The Morgan fingerprint density at radius 2 is 2.07 bits per heavy atom. The molecule has 0 radical (unpaired) electrons. The molecule has 2 fully saturated rings. The van der Waals surface area contributed by atoms with Crippen LogP contribution in [0.2, 0.25) is 0 Å². The maximum Gasteiger partial charge on any atom is 0.409 e. The molecule has 0 aromatic heterocycles. The smallest absolute Gasteiger partial charge is 0.409 e. The average molecular weight is 395 g/mol. The molecule has 3 amide bonds. The van der Waals surface area contributed by atoms with E-state index in [-0.39, 0.29) is 29.7 Å². The lowest BCUT2D eigenvalue weighted by atomic mass is 10.1. The van der Waals surface area contributed by atoms with Crippen LogP contribution in [-0.4, -0.2) is 74.1 Å². The largest absolute Gasteiger partial charge is 0.449 e. The fourth-order valence-corrected chi connectivity index (χ4v) is 5.10. The molecular formula is C18H25N3O5S. The second-order valence-electron chi connectivity index (χ2n) is 6.86. The predicted octanol–water partition coefficient (Wildman–Crippen LogP) is 1.23. The van der Waals surface area contributed by atoms with E-state index in [0.717, 1.165) is 12.0 Å². The molecule has 8 nitrogen and oxygen atoms in total. The van der Waals surface area contributed by atoms with Crippen molar-refractivity contribution in [2.45, 2.75) is 25.4 Å². The van der Waals surface area contributed by atoms with Crippen LogP contribution in [0.5, 0.6) is 0 Å². The number of nitrogens with one attached hydrogen (secondary N) is 1. The van der Waals surface area contributed by atoms with Crippen molar-refractivity contribution in [2.24, 2.45) is 0 Å². The van der Waals surface area contributed by atoms with Gasteiger partial charge in [-0.2, -0.15) is 0 Å². The molecule has 0 aliphatic carbocycles. The normalized spacial score (nSPS) is 21.6. The van der Waals surface area contributed by atoms with Gasteiger partial charge in [0.05, 0.1) is 18.1 Å². The van der Waals surface area contributed by atoms with Gasteiger partial charge in [-0.15, -0.1) is 0 Å². The number of ether oxygens (including phenoxy) is 1. The summed E-state index contributed by atoms with van der Waals surface area (Å²) in [6, 6.07) is 8.84. The van der Waals surface area contributed by atoms with Gasteiger partial charge < -0.3 is 19.9 Å². The van der Waals surface area contributed by atoms with Crippen molar-refractivity contribution in [1.82, 2.24) is 15.1 Å². The van der Waals surface area contributed by atoms with Crippen LogP contribution in [-0.2, 0) is 21.1 Å². The first kappa shape index (κ1) is 19.5. The lowest BCUT2D eigenvalue weighted by Gasteiger charge is -2.30. The standard InChI is InChI=1S/C18H25N3O5S/c22-17(19-8-10-20-9-4-11-26-18(20)23)21(13-15-5-2-1-3-6-15)16-7-12-27(24,25)14-16/h1-3,5-6,16H,4,7-14H2,(H,19,22)/t16-/m0/s1. The van der Waals surface area contributed by atoms with Crippen molar-refractivity contribution in [3.05, 3.63) is 35.9 Å². The van der Waals surface area contributed by atoms with Crippen LogP contribution >= 0.6 is 0 Å². The highest BCUT2D eigenvalue weighted by atomic mass is 32.2. The summed E-state index contributed by atoms with van der Waals surface area (Å²) in [6.45, 7) is 2.05. The monoisotopic (exact) mass is 395 g/mol. The minimum Gasteiger partial charge on any atom is -0.449 e. The highest BCUT2D eigenvalue weighted by Crippen LogP contribution is 2.20. The number of carbonyl (C=O) groups is 2. The molecule has 2 aliphatic rings. The Balaban J connectivity index is 1.60. The third-order valence-electron chi connectivity index (χ3n) is 4.82. The second-order valence-corrected chi connectivity index (χ2v) is 9.09. The van der Waals surface area contributed by atoms with Gasteiger partial charge in [0.25, 0.3) is 0 Å². The molecule has 0 saturated carbocycles. The molecule has 1 atom stereocenters. The van der Waals surface area contributed by atoms with Gasteiger partial charge in [0.2, 0.25) is 0 Å². The van der Waals surface area contributed by atoms with E-state index in [4.69, 9.17) is 4.74 Å². The van der Waals surface area contributed by atoms with Crippen molar-refractivity contribution in [2.75, 3.05) is 37.7 Å². The number of hydrogen-bond acceptors (Lipinski definition) is 5. The predicted molar refractivity (Wildman–Crippen MR) is 100.0 cm³/mol. The fraction of sp³-hybridized carbons (Fsp3) is 0.556. The average Bonchev–Trinajstić information content (AvgIpc) is 3.01. The van der Waals surface area contributed by atoms with E-state index in [1.54, 1.807) is 9.80 Å². The molecule has 1 N–H and O–H groups in total. The zero-order chi connectivity index (χ0) is 19.3. The first-order valence-corrected chi connectivity index (χ1v) is 11.0. The molecular weight excluding hydrogens is 370 g/mol. The zero-order valence-corrected chi connectivity index (χ0v) is 16.0. The Kier molecular flexibility index (Phi) is 6.20. The first-order chi connectivity index (χ1) is 12.9. The molecule has 3 rings (SSSR count). The third-order valence-corrected chi connectivity index (χ3v) is 6.57. The molecule has 27 heavy (non-hydrogen) atoms. The number of amides is 3. The van der Waals surface area contributed by atoms with Gasteiger partial charge in [-0.1, -0.05) is 30.3 Å². The van der Waals surface area contributed by atoms with Gasteiger partial charge in [0, 0.05) is 32.2 Å². The number of urea groups is 1. The van der Waals surface area contributed by atoms with Crippen LogP contribution < -0.4 is 5.32 Å². The van der Waals surface area contributed by atoms with Crippen molar-refractivity contribution < 1.29 is 22.7 Å². The maximum atomic E-state index is 12.8. The summed E-state index contributed by atoms with van der Waals surface area (Å²) in [7, 11) is -3.10. The second kappa shape index (κ2) is 8.60. The van der Waals surface area contributed by atoms with E-state index in [2.05, 4.69) is 5.32 Å². The number of hydrogen-bond donors (Lipinski definition) is 1. The Morgan fingerprint density at radius 3 is 2.74 bits per heavy atom. The molecule has 2 heterocycles. The Morgan fingerprint density at radius 1 is 1.30 bits per heavy atom. The minimum absolute atomic E-state index is 0.00823. The molecule has 1 aromatic carbocycles. The highest BCUT2D eigenvalue weighted by Gasteiger charge is 2.34. The van der Waals surface area contributed by atoms with E-state index < -0.39 is 9.84 Å². The van der Waals surface area contributed by atoms with E-state index >= 15 is 0 Å². The summed E-state index contributed by atoms with van der Waals surface area (Å²) in [5.41, 5.74) is 0.941. The molecule has 2 aliphatic heterocycles. The number of carbonyl (C=O) groups excluding carboxylic acids is 2. The molecule has 148 valence electrons. The summed E-state index contributed by atoms with van der Waals surface area (Å²) in [4.78, 5) is 27.5. The van der Waals surface area contributed by atoms with Crippen LogP contribution in [0.1, 0.15) is 18.4 Å². The van der Waals surface area contributed by atoms with E-state index in [9.17, 15) is 18.0 Å². The topological polar surface area (TPSA) is 96.0 Å². The lowest BCUT2D eigenvalue weighted by Crippen LogP contribution is -2.49. The summed E-state index contributed by atoms with van der Waals surface area (Å²) >= 11 is 0. The fourth-order valence-electron chi connectivity index (χ4n) is 3.37. The van der Waals surface area contributed by atoms with E-state index in [1.165, 1.54) is 0 Å². The Labute approximate surface area is 159 Å². The summed E-state index contributed by atoms with van der Waals surface area (Å²) in [6.07, 6.45) is 0.861.